The Morgan fingerprint density at radius 2 is 0.923 bits per heavy atom. The highest BCUT2D eigenvalue weighted by Crippen LogP contribution is 2.31. The van der Waals surface area contributed by atoms with Crippen molar-refractivity contribution in [2.24, 2.45) is 0 Å². The summed E-state index contributed by atoms with van der Waals surface area (Å²) in [4.78, 5) is 5.04. The number of rotatable bonds is 20. The van der Waals surface area contributed by atoms with Gasteiger partial charge in [0.15, 0.2) is 0 Å². The first-order valence-corrected chi connectivity index (χ1v) is 16.1. The molecule has 2 aromatic carbocycles. The maximum atomic E-state index is 10.6. The van der Waals surface area contributed by atoms with Gasteiger partial charge in [-0.2, -0.15) is 0 Å². The Balaban J connectivity index is 0.970. The van der Waals surface area contributed by atoms with Crippen LogP contribution in [0.5, 0.6) is 0 Å². The number of hydrogen-bond donors (Lipinski definition) is 2. The molecule has 2 saturated heterocycles. The van der Waals surface area contributed by atoms with Gasteiger partial charge in [-0.1, -0.05) is 112 Å². The highest BCUT2D eigenvalue weighted by atomic mass is 16.3. The monoisotopic (exact) mass is 534 g/mol. The molecule has 2 N–H and O–H groups in total. The van der Waals surface area contributed by atoms with E-state index < -0.39 is 0 Å². The SMILES string of the molecule is O[C@H](CCCCCCCc1ccccc1)CN1C[C@H]2C[C@@H]1CN2C[C@H](O)CCCCCCCc1ccccc1. The number of β-amino-alcohol motifs (C(OH)–C–C–N with tert-alkyl or cyclic N) is 2. The van der Waals surface area contributed by atoms with E-state index >= 15 is 0 Å². The predicted octanol–water partition coefficient (Wildman–Crippen LogP) is 6.63. The minimum Gasteiger partial charge on any atom is -0.392 e. The summed E-state index contributed by atoms with van der Waals surface area (Å²) in [6.45, 7) is 3.79. The third-order valence-electron chi connectivity index (χ3n) is 9.05. The van der Waals surface area contributed by atoms with Crippen LogP contribution in [-0.4, -0.2) is 70.5 Å². The van der Waals surface area contributed by atoms with E-state index in [9.17, 15) is 10.2 Å². The van der Waals surface area contributed by atoms with E-state index in [1.807, 2.05) is 0 Å². The number of piperazine rings is 1. The molecule has 2 fully saturated rings. The van der Waals surface area contributed by atoms with Gasteiger partial charge in [-0.3, -0.25) is 9.80 Å². The lowest BCUT2D eigenvalue weighted by molar-refractivity contribution is 0.0412. The van der Waals surface area contributed by atoms with Gasteiger partial charge in [0.25, 0.3) is 0 Å². The highest BCUT2D eigenvalue weighted by Gasteiger charge is 2.43. The van der Waals surface area contributed by atoms with Crippen LogP contribution in [0.1, 0.15) is 94.6 Å². The van der Waals surface area contributed by atoms with Crippen molar-refractivity contribution in [1.29, 1.82) is 0 Å². The lowest BCUT2D eigenvalue weighted by Crippen LogP contribution is -2.50. The van der Waals surface area contributed by atoms with E-state index in [4.69, 9.17) is 0 Å². The third-order valence-corrected chi connectivity index (χ3v) is 9.05. The molecule has 4 nitrogen and oxygen atoms in total. The Hall–Kier alpha value is -1.72. The largest absolute Gasteiger partial charge is 0.392 e. The molecule has 0 aliphatic carbocycles. The number of fused-ring (bicyclic) bond motifs is 2. The van der Waals surface area contributed by atoms with Gasteiger partial charge < -0.3 is 10.2 Å². The van der Waals surface area contributed by atoms with Crippen molar-refractivity contribution in [3.63, 3.8) is 0 Å². The summed E-state index contributed by atoms with van der Waals surface area (Å²) in [6.07, 6.45) is 17.5. The van der Waals surface area contributed by atoms with E-state index in [1.54, 1.807) is 0 Å². The summed E-state index contributed by atoms with van der Waals surface area (Å²) in [5.41, 5.74) is 2.89. The molecule has 4 heteroatoms. The Labute approximate surface area is 238 Å². The van der Waals surface area contributed by atoms with Crippen LogP contribution < -0.4 is 0 Å². The van der Waals surface area contributed by atoms with Crippen LogP contribution in [0.4, 0.5) is 0 Å². The third kappa shape index (κ3) is 11.0. The van der Waals surface area contributed by atoms with Gasteiger partial charge in [-0.25, -0.2) is 0 Å². The average molecular weight is 535 g/mol. The zero-order chi connectivity index (χ0) is 27.1. The lowest BCUT2D eigenvalue weighted by atomic mass is 10.0. The van der Waals surface area contributed by atoms with Gasteiger partial charge >= 0.3 is 0 Å². The number of aliphatic hydroxyl groups excluding tert-OH is 2. The fourth-order valence-electron chi connectivity index (χ4n) is 6.77. The summed E-state index contributed by atoms with van der Waals surface area (Å²) >= 11 is 0. The molecule has 2 aromatic rings. The molecule has 2 aliphatic heterocycles. The second kappa shape index (κ2) is 17.2. The fourth-order valence-corrected chi connectivity index (χ4v) is 6.77. The molecule has 2 aliphatic rings. The molecular formula is C35H54N2O2. The van der Waals surface area contributed by atoms with Crippen LogP contribution in [0.25, 0.3) is 0 Å². The molecule has 0 unspecified atom stereocenters. The summed E-state index contributed by atoms with van der Waals surface area (Å²) in [5, 5.41) is 21.3. The van der Waals surface area contributed by atoms with Crippen LogP contribution in [0.3, 0.4) is 0 Å². The maximum absolute atomic E-state index is 10.6. The minimum absolute atomic E-state index is 0.194. The Morgan fingerprint density at radius 1 is 0.538 bits per heavy atom. The number of hydrogen-bond acceptors (Lipinski definition) is 4. The number of likely N-dealkylation sites (tertiary alicyclic amines) is 2. The van der Waals surface area contributed by atoms with E-state index in [2.05, 4.69) is 70.5 Å². The van der Waals surface area contributed by atoms with Gasteiger partial charge in [-0.15, -0.1) is 0 Å². The second-order valence-electron chi connectivity index (χ2n) is 12.3. The molecule has 216 valence electrons. The van der Waals surface area contributed by atoms with Gasteiger partial charge in [0, 0.05) is 38.3 Å². The Morgan fingerprint density at radius 3 is 1.33 bits per heavy atom. The molecule has 2 heterocycles. The zero-order valence-electron chi connectivity index (χ0n) is 24.3. The zero-order valence-corrected chi connectivity index (χ0v) is 24.3. The van der Waals surface area contributed by atoms with Crippen molar-refractivity contribution < 1.29 is 10.2 Å². The smallest absolute Gasteiger partial charge is 0.0667 e. The quantitative estimate of drug-likeness (QED) is 0.187. The van der Waals surface area contributed by atoms with Crippen molar-refractivity contribution in [2.45, 2.75) is 121 Å². The van der Waals surface area contributed by atoms with Gasteiger partial charge in [0.1, 0.15) is 0 Å². The van der Waals surface area contributed by atoms with Crippen LogP contribution in [-0.2, 0) is 12.8 Å². The fraction of sp³-hybridized carbons (Fsp3) is 0.657. The molecule has 0 spiro atoms. The average Bonchev–Trinajstić information content (AvgIpc) is 3.53. The first-order chi connectivity index (χ1) is 19.2. The first kappa shape index (κ1) is 30.2. The summed E-state index contributed by atoms with van der Waals surface area (Å²) in [5.74, 6) is 0. The van der Waals surface area contributed by atoms with Crippen molar-refractivity contribution in [3.05, 3.63) is 71.8 Å². The van der Waals surface area contributed by atoms with E-state index in [0.29, 0.717) is 12.1 Å². The molecule has 0 amide bonds. The molecule has 0 radical (unpaired) electrons. The topological polar surface area (TPSA) is 46.9 Å². The number of unbranched alkanes of at least 4 members (excludes halogenated alkanes) is 8. The van der Waals surface area contributed by atoms with Crippen LogP contribution in [0.15, 0.2) is 60.7 Å². The van der Waals surface area contributed by atoms with Crippen LogP contribution in [0, 0.1) is 0 Å². The summed E-state index contributed by atoms with van der Waals surface area (Å²) < 4.78 is 0. The molecule has 2 bridgehead atoms. The number of nitrogens with zero attached hydrogens (tertiary/aromatic N) is 2. The number of aliphatic hydroxyl groups is 2. The van der Waals surface area contributed by atoms with Gasteiger partial charge in [0.2, 0.25) is 0 Å². The molecule has 39 heavy (non-hydrogen) atoms. The molecular weight excluding hydrogens is 480 g/mol. The number of aryl methyl sites for hydroxylation is 2. The molecule has 4 atom stereocenters. The Bertz CT molecular complexity index is 819. The van der Waals surface area contributed by atoms with Gasteiger partial charge in [-0.05, 0) is 56.1 Å². The van der Waals surface area contributed by atoms with Gasteiger partial charge in [0.05, 0.1) is 12.2 Å². The maximum Gasteiger partial charge on any atom is 0.0667 e. The van der Waals surface area contributed by atoms with Crippen molar-refractivity contribution in [3.8, 4) is 0 Å². The Kier molecular flexibility index (Phi) is 13.3. The van der Waals surface area contributed by atoms with Crippen LogP contribution >= 0.6 is 0 Å². The summed E-state index contributed by atoms with van der Waals surface area (Å²) in [6, 6.07) is 22.7. The highest BCUT2D eigenvalue weighted by molar-refractivity contribution is 5.15. The number of benzene rings is 2. The van der Waals surface area contributed by atoms with Crippen molar-refractivity contribution in [1.82, 2.24) is 9.80 Å². The lowest BCUT2D eigenvalue weighted by Gasteiger charge is -2.36. The second-order valence-corrected chi connectivity index (χ2v) is 12.3. The van der Waals surface area contributed by atoms with E-state index in [1.165, 1.54) is 81.8 Å². The van der Waals surface area contributed by atoms with E-state index in [0.717, 1.165) is 51.9 Å². The van der Waals surface area contributed by atoms with E-state index in [-0.39, 0.29) is 12.2 Å². The van der Waals surface area contributed by atoms with Crippen molar-refractivity contribution in [2.75, 3.05) is 26.2 Å². The van der Waals surface area contributed by atoms with Crippen LogP contribution in [0.2, 0.25) is 0 Å². The standard InChI is InChI=1S/C35H54N2O2/c38-34(23-15-5-1-3-9-17-30-19-11-7-12-20-30)28-36-26-33-25-32(36)27-37(33)29-35(39)24-16-6-2-4-10-18-31-21-13-8-14-22-31/h7-8,11-14,19-22,32-35,38-39H,1-6,9-10,15-18,23-29H2/t32-,33-,34-,35-/m1/s1. The van der Waals surface area contributed by atoms with Crippen molar-refractivity contribution >= 4 is 0 Å². The minimum atomic E-state index is -0.194. The first-order valence-electron chi connectivity index (χ1n) is 16.1. The normalized spacial score (nSPS) is 21.0. The summed E-state index contributed by atoms with van der Waals surface area (Å²) in [7, 11) is 0. The molecule has 0 aromatic heterocycles. The molecule has 4 rings (SSSR count). The molecule has 0 saturated carbocycles. The predicted molar refractivity (Wildman–Crippen MR) is 163 cm³/mol.